The summed E-state index contributed by atoms with van der Waals surface area (Å²) >= 11 is 0. The molecule has 2 atom stereocenters. The fraction of sp³-hybridized carbons (Fsp3) is 0.345. The molecule has 0 aliphatic carbocycles. The molecule has 3 aromatic carbocycles. The Balaban J connectivity index is 0.00000361. The van der Waals surface area contributed by atoms with E-state index in [1.165, 1.54) is 11.1 Å². The summed E-state index contributed by atoms with van der Waals surface area (Å²) in [7, 11) is 1.81. The number of carbonyl (C=O) groups is 1. The van der Waals surface area contributed by atoms with Gasteiger partial charge in [0.15, 0.2) is 0 Å². The van der Waals surface area contributed by atoms with Crippen molar-refractivity contribution in [3.05, 3.63) is 102 Å². The average Bonchev–Trinajstić information content (AvgIpc) is 2.88. The molecule has 0 bridgehead atoms. The minimum absolute atomic E-state index is 0. The van der Waals surface area contributed by atoms with Crippen molar-refractivity contribution in [3.63, 3.8) is 0 Å². The zero-order chi connectivity index (χ0) is 24.5. The predicted molar refractivity (Wildman–Crippen MR) is 144 cm³/mol. The lowest BCUT2D eigenvalue weighted by Crippen LogP contribution is -2.54. The smallest absolute Gasteiger partial charge is 0.449 e. The fourth-order valence-electron chi connectivity index (χ4n) is 4.93. The Bertz CT molecular complexity index is 1030. The molecule has 1 heterocycles. The van der Waals surface area contributed by atoms with Gasteiger partial charge in [0.1, 0.15) is 5.75 Å². The van der Waals surface area contributed by atoms with E-state index >= 15 is 0 Å². The topological polar surface area (TPSA) is 62.2 Å². The number of hydrogen-bond donors (Lipinski definition) is 1. The third kappa shape index (κ3) is 7.80. The molecule has 0 aromatic heterocycles. The van der Waals surface area contributed by atoms with E-state index in [4.69, 9.17) is 14.6 Å². The third-order valence-corrected chi connectivity index (χ3v) is 6.70. The van der Waals surface area contributed by atoms with Gasteiger partial charge in [-0.15, -0.1) is 12.4 Å². The first kappa shape index (κ1) is 27.7. The molecule has 2 unspecified atom stereocenters. The van der Waals surface area contributed by atoms with Gasteiger partial charge in [0, 0.05) is 39.3 Å². The highest BCUT2D eigenvalue weighted by molar-refractivity contribution is 5.85. The molecule has 0 radical (unpaired) electrons. The zero-order valence-electron chi connectivity index (χ0n) is 20.7. The van der Waals surface area contributed by atoms with Crippen LogP contribution in [0.25, 0.3) is 0 Å². The van der Waals surface area contributed by atoms with Gasteiger partial charge in [-0.05, 0) is 42.1 Å². The Kier molecular flexibility index (Phi) is 10.8. The standard InChI is InChI=1S/C29H34N2O4.ClH/c1-34-28-22-30(18-16-25-14-8-9-15-27(25)35-29(32)33)19-17-26(28)31(20-23-10-4-2-5-11-23)21-24-12-6-3-7-13-24;/h2-15,26,28H,16-22H2,1H3,(H,32,33);1H. The first-order chi connectivity index (χ1) is 17.1. The summed E-state index contributed by atoms with van der Waals surface area (Å²) in [5.74, 6) is 0.412. The maximum absolute atomic E-state index is 11.0. The Morgan fingerprint density at radius 1 is 0.944 bits per heavy atom. The van der Waals surface area contributed by atoms with E-state index in [1.807, 2.05) is 12.1 Å². The van der Waals surface area contributed by atoms with Gasteiger partial charge < -0.3 is 19.5 Å². The maximum atomic E-state index is 11.0. The predicted octanol–water partition coefficient (Wildman–Crippen LogP) is 5.50. The lowest BCUT2D eigenvalue weighted by Gasteiger charge is -2.43. The van der Waals surface area contributed by atoms with Crippen molar-refractivity contribution in [2.75, 3.05) is 26.7 Å². The van der Waals surface area contributed by atoms with Crippen LogP contribution >= 0.6 is 12.4 Å². The van der Waals surface area contributed by atoms with E-state index in [-0.39, 0.29) is 18.5 Å². The molecule has 0 spiro atoms. The quantitative estimate of drug-likeness (QED) is 0.287. The number of rotatable bonds is 10. The van der Waals surface area contributed by atoms with Crippen molar-refractivity contribution < 1.29 is 19.4 Å². The molecule has 4 rings (SSSR count). The number of hydrogen-bond acceptors (Lipinski definition) is 5. The van der Waals surface area contributed by atoms with Crippen LogP contribution in [0.1, 0.15) is 23.1 Å². The number of carboxylic acid groups (broad SMARTS) is 1. The molecule has 1 fully saturated rings. The van der Waals surface area contributed by atoms with Crippen LogP contribution in [-0.2, 0) is 24.2 Å². The summed E-state index contributed by atoms with van der Waals surface area (Å²) in [5, 5.41) is 9.01. The molecule has 1 N–H and O–H groups in total. The van der Waals surface area contributed by atoms with E-state index in [1.54, 1.807) is 19.2 Å². The second-order valence-electron chi connectivity index (χ2n) is 9.03. The Morgan fingerprint density at radius 3 is 2.11 bits per heavy atom. The second-order valence-corrected chi connectivity index (χ2v) is 9.03. The van der Waals surface area contributed by atoms with Crippen molar-refractivity contribution in [2.45, 2.75) is 38.1 Å². The van der Waals surface area contributed by atoms with E-state index in [0.29, 0.717) is 11.8 Å². The van der Waals surface area contributed by atoms with Crippen LogP contribution in [0.15, 0.2) is 84.9 Å². The van der Waals surface area contributed by atoms with Crippen molar-refractivity contribution >= 4 is 18.6 Å². The molecular weight excluding hydrogens is 476 g/mol. The molecule has 1 aliphatic rings. The summed E-state index contributed by atoms with van der Waals surface area (Å²) in [5.41, 5.74) is 3.51. The lowest BCUT2D eigenvalue weighted by molar-refractivity contribution is -0.0432. The van der Waals surface area contributed by atoms with Crippen LogP contribution in [0, 0.1) is 0 Å². The highest BCUT2D eigenvalue weighted by Crippen LogP contribution is 2.25. The monoisotopic (exact) mass is 510 g/mol. The summed E-state index contributed by atoms with van der Waals surface area (Å²) in [6.45, 7) is 4.38. The first-order valence-corrected chi connectivity index (χ1v) is 12.2. The van der Waals surface area contributed by atoms with Crippen LogP contribution in [0.3, 0.4) is 0 Å². The molecule has 6 nitrogen and oxygen atoms in total. The second kappa shape index (κ2) is 14.0. The normalized spacial score (nSPS) is 17.9. The number of benzene rings is 3. The first-order valence-electron chi connectivity index (χ1n) is 12.2. The zero-order valence-corrected chi connectivity index (χ0v) is 21.5. The number of piperidine rings is 1. The summed E-state index contributed by atoms with van der Waals surface area (Å²) < 4.78 is 11.0. The Morgan fingerprint density at radius 2 is 1.53 bits per heavy atom. The fourth-order valence-corrected chi connectivity index (χ4v) is 4.93. The van der Waals surface area contributed by atoms with Crippen LogP contribution in [0.5, 0.6) is 5.75 Å². The summed E-state index contributed by atoms with van der Waals surface area (Å²) in [6, 6.07) is 28.9. The summed E-state index contributed by atoms with van der Waals surface area (Å²) in [6.07, 6.45) is 0.532. The van der Waals surface area contributed by atoms with Gasteiger partial charge in [-0.3, -0.25) is 4.90 Å². The third-order valence-electron chi connectivity index (χ3n) is 6.70. The maximum Gasteiger partial charge on any atom is 0.511 e. The molecule has 36 heavy (non-hydrogen) atoms. The minimum atomic E-state index is -1.28. The number of halogens is 1. The number of methoxy groups -OCH3 is 1. The van der Waals surface area contributed by atoms with Crippen molar-refractivity contribution in [1.82, 2.24) is 9.80 Å². The Labute approximate surface area is 219 Å². The van der Waals surface area contributed by atoms with Gasteiger partial charge in [-0.2, -0.15) is 0 Å². The molecule has 3 aromatic rings. The number of likely N-dealkylation sites (tertiary alicyclic amines) is 1. The number of para-hydroxylation sites is 1. The van der Waals surface area contributed by atoms with Crippen molar-refractivity contribution in [3.8, 4) is 5.75 Å². The average molecular weight is 511 g/mol. The molecular formula is C29H35ClN2O4. The van der Waals surface area contributed by atoms with Gasteiger partial charge in [0.05, 0.1) is 6.10 Å². The van der Waals surface area contributed by atoms with E-state index in [2.05, 4.69) is 70.5 Å². The highest BCUT2D eigenvalue weighted by Gasteiger charge is 2.33. The number of ether oxygens (including phenoxy) is 2. The largest absolute Gasteiger partial charge is 0.511 e. The van der Waals surface area contributed by atoms with Crippen LogP contribution in [-0.4, -0.2) is 60.0 Å². The molecule has 0 amide bonds. The number of nitrogens with zero attached hydrogens (tertiary/aromatic N) is 2. The SMILES string of the molecule is COC1CN(CCc2ccccc2OC(=O)O)CCC1N(Cc1ccccc1)Cc1ccccc1.Cl. The highest BCUT2D eigenvalue weighted by atomic mass is 35.5. The lowest BCUT2D eigenvalue weighted by atomic mass is 9.97. The van der Waals surface area contributed by atoms with Gasteiger partial charge in [0.2, 0.25) is 0 Å². The molecule has 0 saturated carbocycles. The minimum Gasteiger partial charge on any atom is -0.449 e. The van der Waals surface area contributed by atoms with Gasteiger partial charge in [0.25, 0.3) is 0 Å². The van der Waals surface area contributed by atoms with E-state index < -0.39 is 6.16 Å². The molecule has 1 aliphatic heterocycles. The van der Waals surface area contributed by atoms with Crippen LogP contribution in [0.2, 0.25) is 0 Å². The van der Waals surface area contributed by atoms with E-state index in [9.17, 15) is 4.79 Å². The van der Waals surface area contributed by atoms with Gasteiger partial charge >= 0.3 is 6.16 Å². The molecule has 7 heteroatoms. The van der Waals surface area contributed by atoms with Crippen molar-refractivity contribution in [1.29, 1.82) is 0 Å². The van der Waals surface area contributed by atoms with Gasteiger partial charge in [-0.1, -0.05) is 78.9 Å². The van der Waals surface area contributed by atoms with Gasteiger partial charge in [-0.25, -0.2) is 4.79 Å². The van der Waals surface area contributed by atoms with E-state index in [0.717, 1.165) is 51.1 Å². The van der Waals surface area contributed by atoms with Crippen LogP contribution < -0.4 is 4.74 Å². The Hall–Kier alpha value is -2.90. The summed E-state index contributed by atoms with van der Waals surface area (Å²) in [4.78, 5) is 16.0. The molecule has 192 valence electrons. The molecule has 1 saturated heterocycles. The van der Waals surface area contributed by atoms with Crippen LogP contribution in [0.4, 0.5) is 4.79 Å². The van der Waals surface area contributed by atoms with Crippen molar-refractivity contribution in [2.24, 2.45) is 0 Å².